The van der Waals surface area contributed by atoms with E-state index in [1.54, 1.807) is 7.11 Å². The lowest BCUT2D eigenvalue weighted by atomic mass is 10.1. The Morgan fingerprint density at radius 2 is 2.00 bits per heavy atom. The Labute approximate surface area is 103 Å². The van der Waals surface area contributed by atoms with Crippen LogP contribution in [-0.4, -0.2) is 18.6 Å². The Morgan fingerprint density at radius 3 is 2.56 bits per heavy atom. The molecule has 0 bridgehead atoms. The number of alkyl halides is 1. The van der Waals surface area contributed by atoms with Crippen molar-refractivity contribution in [2.75, 3.05) is 7.11 Å². The summed E-state index contributed by atoms with van der Waals surface area (Å²) in [6.45, 7) is 4.08. The first-order valence-corrected chi connectivity index (χ1v) is 5.96. The van der Waals surface area contributed by atoms with Gasteiger partial charge in [0.2, 0.25) is 0 Å². The van der Waals surface area contributed by atoms with Crippen molar-refractivity contribution >= 4 is 11.6 Å². The molecule has 0 N–H and O–H groups in total. The van der Waals surface area contributed by atoms with Crippen LogP contribution in [0.15, 0.2) is 42.0 Å². The van der Waals surface area contributed by atoms with Gasteiger partial charge in [0.1, 0.15) is 0 Å². The first kappa shape index (κ1) is 13.3. The topological polar surface area (TPSA) is 9.23 Å². The van der Waals surface area contributed by atoms with Crippen molar-refractivity contribution < 1.29 is 4.74 Å². The van der Waals surface area contributed by atoms with Gasteiger partial charge in [-0.15, -0.1) is 11.6 Å². The van der Waals surface area contributed by atoms with Gasteiger partial charge < -0.3 is 4.74 Å². The normalized spacial score (nSPS) is 15.9. The van der Waals surface area contributed by atoms with Gasteiger partial charge in [-0.3, -0.25) is 0 Å². The van der Waals surface area contributed by atoms with Gasteiger partial charge in [-0.25, -0.2) is 0 Å². The molecule has 1 aromatic carbocycles. The van der Waals surface area contributed by atoms with Crippen LogP contribution in [-0.2, 0) is 11.2 Å². The molecular formula is C14H19ClO. The second-order valence-electron chi connectivity index (χ2n) is 3.99. The first-order valence-electron chi connectivity index (χ1n) is 5.52. The minimum atomic E-state index is 0.0278. The molecule has 0 saturated carbocycles. The van der Waals surface area contributed by atoms with Crippen LogP contribution in [0.1, 0.15) is 19.4 Å². The minimum Gasteiger partial charge on any atom is -0.377 e. The lowest BCUT2D eigenvalue weighted by molar-refractivity contribution is 0.146. The van der Waals surface area contributed by atoms with Crippen molar-refractivity contribution in [2.24, 2.45) is 0 Å². The van der Waals surface area contributed by atoms with Crippen LogP contribution in [0.2, 0.25) is 0 Å². The molecule has 0 aliphatic rings. The standard InChI is InChI=1S/C14H19ClO/c1-11(12(2)16-3)9-14(15)10-13-7-5-4-6-8-13/h4-9,12,14H,10H2,1-3H3/b11-9-. The second kappa shape index (κ2) is 6.72. The van der Waals surface area contributed by atoms with Gasteiger partial charge in [-0.05, 0) is 31.4 Å². The summed E-state index contributed by atoms with van der Waals surface area (Å²) in [4.78, 5) is 0. The van der Waals surface area contributed by atoms with Crippen molar-refractivity contribution in [3.8, 4) is 0 Å². The first-order chi connectivity index (χ1) is 7.63. The molecule has 16 heavy (non-hydrogen) atoms. The van der Waals surface area contributed by atoms with Crippen molar-refractivity contribution in [3.63, 3.8) is 0 Å². The van der Waals surface area contributed by atoms with E-state index in [2.05, 4.69) is 25.1 Å². The Kier molecular flexibility index (Phi) is 5.58. The SMILES string of the molecule is COC(C)/C(C)=C\C(Cl)Cc1ccccc1. The number of benzene rings is 1. The number of hydrogen-bond donors (Lipinski definition) is 0. The molecule has 0 aliphatic heterocycles. The van der Waals surface area contributed by atoms with Crippen LogP contribution in [0.4, 0.5) is 0 Å². The number of methoxy groups -OCH3 is 1. The zero-order valence-corrected chi connectivity index (χ0v) is 10.9. The molecule has 0 aromatic heterocycles. The van der Waals surface area contributed by atoms with Crippen LogP contribution < -0.4 is 0 Å². The van der Waals surface area contributed by atoms with E-state index in [0.717, 1.165) is 6.42 Å². The third-order valence-electron chi connectivity index (χ3n) is 2.71. The minimum absolute atomic E-state index is 0.0278. The largest absolute Gasteiger partial charge is 0.377 e. The molecule has 0 aliphatic carbocycles. The van der Waals surface area contributed by atoms with E-state index in [-0.39, 0.29) is 11.5 Å². The summed E-state index contributed by atoms with van der Waals surface area (Å²) in [5, 5.41) is 0.0278. The Hall–Kier alpha value is -0.790. The third-order valence-corrected chi connectivity index (χ3v) is 2.99. The molecular weight excluding hydrogens is 220 g/mol. The summed E-state index contributed by atoms with van der Waals surface area (Å²) >= 11 is 6.28. The zero-order chi connectivity index (χ0) is 12.0. The monoisotopic (exact) mass is 238 g/mol. The molecule has 2 atom stereocenters. The molecule has 2 heteroatoms. The molecule has 2 unspecified atom stereocenters. The molecule has 88 valence electrons. The highest BCUT2D eigenvalue weighted by atomic mass is 35.5. The molecule has 0 spiro atoms. The fraction of sp³-hybridized carbons (Fsp3) is 0.429. The number of hydrogen-bond acceptors (Lipinski definition) is 1. The lowest BCUT2D eigenvalue weighted by Crippen LogP contribution is -2.09. The van der Waals surface area contributed by atoms with Gasteiger partial charge in [0, 0.05) is 7.11 Å². The summed E-state index contributed by atoms with van der Waals surface area (Å²) in [5.41, 5.74) is 2.44. The van der Waals surface area contributed by atoms with E-state index in [0.29, 0.717) is 0 Å². The maximum Gasteiger partial charge on any atom is 0.0750 e. The van der Waals surface area contributed by atoms with Gasteiger partial charge in [0.15, 0.2) is 0 Å². The van der Waals surface area contributed by atoms with Crippen LogP contribution in [0.3, 0.4) is 0 Å². The fourth-order valence-corrected chi connectivity index (χ4v) is 1.88. The van der Waals surface area contributed by atoms with Gasteiger partial charge in [0.25, 0.3) is 0 Å². The average Bonchev–Trinajstić information content (AvgIpc) is 2.29. The van der Waals surface area contributed by atoms with Gasteiger partial charge in [-0.1, -0.05) is 36.4 Å². The maximum atomic E-state index is 6.28. The summed E-state index contributed by atoms with van der Waals surface area (Å²) < 4.78 is 5.24. The van der Waals surface area contributed by atoms with E-state index >= 15 is 0 Å². The van der Waals surface area contributed by atoms with Gasteiger partial charge in [0.05, 0.1) is 11.5 Å². The molecule has 1 aromatic rings. The summed E-state index contributed by atoms with van der Waals surface area (Å²) in [7, 11) is 1.71. The van der Waals surface area contributed by atoms with Crippen molar-refractivity contribution in [3.05, 3.63) is 47.5 Å². The van der Waals surface area contributed by atoms with E-state index in [9.17, 15) is 0 Å². The molecule has 1 nitrogen and oxygen atoms in total. The Morgan fingerprint density at radius 1 is 1.38 bits per heavy atom. The molecule has 0 radical (unpaired) electrons. The molecule has 0 saturated heterocycles. The van der Waals surface area contributed by atoms with Gasteiger partial charge in [-0.2, -0.15) is 0 Å². The van der Waals surface area contributed by atoms with Gasteiger partial charge >= 0.3 is 0 Å². The van der Waals surface area contributed by atoms with E-state index < -0.39 is 0 Å². The predicted octanol–water partition coefficient (Wildman–Crippen LogP) is 3.82. The van der Waals surface area contributed by atoms with Crippen molar-refractivity contribution in [2.45, 2.75) is 31.7 Å². The van der Waals surface area contributed by atoms with E-state index in [4.69, 9.17) is 16.3 Å². The molecule has 0 fully saturated rings. The molecule has 0 heterocycles. The Balaban J connectivity index is 2.56. The number of ether oxygens (including phenoxy) is 1. The summed E-state index contributed by atoms with van der Waals surface area (Å²) in [5.74, 6) is 0. The van der Waals surface area contributed by atoms with Crippen molar-refractivity contribution in [1.82, 2.24) is 0 Å². The lowest BCUT2D eigenvalue weighted by Gasteiger charge is -2.12. The van der Waals surface area contributed by atoms with E-state index in [1.807, 2.05) is 25.1 Å². The number of halogens is 1. The highest BCUT2D eigenvalue weighted by Gasteiger charge is 2.06. The average molecular weight is 239 g/mol. The van der Waals surface area contributed by atoms with Crippen LogP contribution in [0.5, 0.6) is 0 Å². The summed E-state index contributed by atoms with van der Waals surface area (Å²) in [6, 6.07) is 10.3. The van der Waals surface area contributed by atoms with Crippen LogP contribution in [0.25, 0.3) is 0 Å². The maximum absolute atomic E-state index is 6.28. The highest BCUT2D eigenvalue weighted by Crippen LogP contribution is 2.13. The zero-order valence-electron chi connectivity index (χ0n) is 10.1. The van der Waals surface area contributed by atoms with Crippen LogP contribution in [0, 0.1) is 0 Å². The predicted molar refractivity (Wildman–Crippen MR) is 70.0 cm³/mol. The summed E-state index contributed by atoms with van der Waals surface area (Å²) in [6.07, 6.45) is 3.07. The Bertz CT molecular complexity index is 332. The van der Waals surface area contributed by atoms with E-state index in [1.165, 1.54) is 11.1 Å². The molecule has 1 rings (SSSR count). The van der Waals surface area contributed by atoms with Crippen LogP contribution >= 0.6 is 11.6 Å². The fourth-order valence-electron chi connectivity index (χ4n) is 1.50. The third kappa shape index (κ3) is 4.38. The second-order valence-corrected chi connectivity index (χ2v) is 4.55. The number of rotatable bonds is 5. The molecule has 0 amide bonds. The highest BCUT2D eigenvalue weighted by molar-refractivity contribution is 6.21. The smallest absolute Gasteiger partial charge is 0.0750 e. The quantitative estimate of drug-likeness (QED) is 0.560. The van der Waals surface area contributed by atoms with Crippen molar-refractivity contribution in [1.29, 1.82) is 0 Å². The number of allylic oxidation sites excluding steroid dienone is 1.